The van der Waals surface area contributed by atoms with Crippen LogP contribution in [0.2, 0.25) is 0 Å². The van der Waals surface area contributed by atoms with E-state index in [0.29, 0.717) is 28.7 Å². The Kier molecular flexibility index (Phi) is 6.02. The Bertz CT molecular complexity index is 835. The largest absolute Gasteiger partial charge is 0.481 e. The summed E-state index contributed by atoms with van der Waals surface area (Å²) in [6, 6.07) is 1.25. The Balaban J connectivity index is 1.57. The van der Waals surface area contributed by atoms with Crippen molar-refractivity contribution in [2.75, 3.05) is 23.8 Å². The van der Waals surface area contributed by atoms with Gasteiger partial charge in [-0.3, -0.25) is 18.8 Å². The van der Waals surface area contributed by atoms with Gasteiger partial charge < -0.3 is 10.0 Å². The van der Waals surface area contributed by atoms with Crippen molar-refractivity contribution >= 4 is 51.7 Å². The van der Waals surface area contributed by atoms with Crippen molar-refractivity contribution < 1.29 is 14.7 Å². The van der Waals surface area contributed by atoms with Crippen LogP contribution in [0, 0.1) is 0 Å². The molecule has 3 heterocycles. The maximum Gasteiger partial charge on any atom is 0.305 e. The molecule has 0 aliphatic carbocycles. The van der Waals surface area contributed by atoms with Gasteiger partial charge in [0.1, 0.15) is 0 Å². The van der Waals surface area contributed by atoms with Gasteiger partial charge in [0, 0.05) is 41.4 Å². The lowest BCUT2D eigenvalue weighted by molar-refractivity contribution is -0.139. The molecule has 1 fully saturated rings. The first-order valence-electron chi connectivity index (χ1n) is 7.67. The quantitative estimate of drug-likeness (QED) is 0.785. The average molecular weight is 400 g/mol. The molecule has 2 aromatic rings. The fraction of sp³-hybridized carbons (Fsp3) is 0.467. The molecule has 1 atom stereocenters. The zero-order chi connectivity index (χ0) is 17.8. The molecule has 7 nitrogen and oxygen atoms in total. The number of nitrogens with zero attached hydrogens (tertiary/aromatic N) is 3. The third kappa shape index (κ3) is 4.56. The maximum atomic E-state index is 12.4. The van der Waals surface area contributed by atoms with Crippen LogP contribution in [0.4, 0.5) is 0 Å². The standard InChI is InChI=1S/C15H17N3O4S3/c19-12-5-10(16-15-18(12)2-4-25-15)7-24-9-13(20)17-1-3-23-8-11(17)6-14(21)22/h2,4-5,11H,1,3,6-9H2,(H,21,22). The SMILES string of the molecule is O=C(O)CC1CSCCN1C(=O)CSCc1cc(=O)n2ccsc2n1. The fourth-order valence-electron chi connectivity index (χ4n) is 2.64. The summed E-state index contributed by atoms with van der Waals surface area (Å²) in [5.74, 6) is 1.29. The molecule has 1 saturated heterocycles. The maximum absolute atomic E-state index is 12.4. The lowest BCUT2D eigenvalue weighted by Crippen LogP contribution is -2.47. The Morgan fingerprint density at radius 1 is 1.44 bits per heavy atom. The van der Waals surface area contributed by atoms with Crippen molar-refractivity contribution in [1.29, 1.82) is 0 Å². The number of fused-ring (bicyclic) bond motifs is 1. The van der Waals surface area contributed by atoms with Crippen LogP contribution in [-0.4, -0.2) is 61.1 Å². The first-order valence-corrected chi connectivity index (χ1v) is 10.9. The first-order chi connectivity index (χ1) is 12.0. The van der Waals surface area contributed by atoms with E-state index in [1.807, 2.05) is 0 Å². The summed E-state index contributed by atoms with van der Waals surface area (Å²) in [5, 5.41) is 10.8. The summed E-state index contributed by atoms with van der Waals surface area (Å²) < 4.78 is 1.49. The second-order valence-electron chi connectivity index (χ2n) is 5.55. The van der Waals surface area contributed by atoms with Crippen LogP contribution in [0.25, 0.3) is 4.96 Å². The van der Waals surface area contributed by atoms with Crippen LogP contribution in [0.15, 0.2) is 22.4 Å². The summed E-state index contributed by atoms with van der Waals surface area (Å²) in [6.45, 7) is 0.586. The molecule has 0 aromatic carbocycles. The summed E-state index contributed by atoms with van der Waals surface area (Å²) in [6.07, 6.45) is 1.67. The number of carbonyl (C=O) groups is 2. The van der Waals surface area contributed by atoms with Gasteiger partial charge in [-0.15, -0.1) is 23.1 Å². The number of thiazole rings is 1. The number of carboxylic acid groups (broad SMARTS) is 1. The molecule has 1 aliphatic rings. The van der Waals surface area contributed by atoms with E-state index in [1.165, 1.54) is 33.6 Å². The molecule has 0 radical (unpaired) electrons. The lowest BCUT2D eigenvalue weighted by Gasteiger charge is -2.34. The zero-order valence-electron chi connectivity index (χ0n) is 13.3. The minimum absolute atomic E-state index is 0.0171. The van der Waals surface area contributed by atoms with Crippen molar-refractivity contribution in [3.05, 3.63) is 33.7 Å². The first kappa shape index (κ1) is 18.3. The predicted octanol–water partition coefficient (Wildman–Crippen LogP) is 1.41. The average Bonchev–Trinajstić information content (AvgIpc) is 3.04. The minimum Gasteiger partial charge on any atom is -0.481 e. The number of aromatic nitrogens is 2. The Morgan fingerprint density at radius 3 is 3.08 bits per heavy atom. The van der Waals surface area contributed by atoms with E-state index in [-0.39, 0.29) is 29.7 Å². The Hall–Kier alpha value is -1.52. The van der Waals surface area contributed by atoms with Crippen LogP contribution >= 0.6 is 34.9 Å². The summed E-state index contributed by atoms with van der Waals surface area (Å²) >= 11 is 4.47. The zero-order valence-corrected chi connectivity index (χ0v) is 15.7. The second-order valence-corrected chi connectivity index (χ2v) is 8.56. The second kappa shape index (κ2) is 8.24. The monoisotopic (exact) mass is 399 g/mol. The highest BCUT2D eigenvalue weighted by Crippen LogP contribution is 2.21. The van der Waals surface area contributed by atoms with E-state index in [2.05, 4.69) is 4.98 Å². The van der Waals surface area contributed by atoms with Gasteiger partial charge >= 0.3 is 5.97 Å². The van der Waals surface area contributed by atoms with Gasteiger partial charge in [0.2, 0.25) is 5.91 Å². The van der Waals surface area contributed by atoms with E-state index in [1.54, 1.807) is 28.2 Å². The van der Waals surface area contributed by atoms with Gasteiger partial charge in [0.15, 0.2) is 4.96 Å². The number of carbonyl (C=O) groups excluding carboxylic acids is 1. The molecule has 25 heavy (non-hydrogen) atoms. The summed E-state index contributed by atoms with van der Waals surface area (Å²) in [4.78, 5) is 42.1. The van der Waals surface area contributed by atoms with Crippen molar-refractivity contribution in [2.24, 2.45) is 0 Å². The molecule has 3 rings (SSSR count). The van der Waals surface area contributed by atoms with Crippen LogP contribution in [0.5, 0.6) is 0 Å². The number of rotatable bonds is 6. The molecular weight excluding hydrogens is 382 g/mol. The van der Waals surface area contributed by atoms with Crippen molar-refractivity contribution in [1.82, 2.24) is 14.3 Å². The Morgan fingerprint density at radius 2 is 2.28 bits per heavy atom. The van der Waals surface area contributed by atoms with Gasteiger partial charge in [-0.2, -0.15) is 11.8 Å². The molecule has 10 heteroatoms. The summed E-state index contributed by atoms with van der Waals surface area (Å²) in [5.41, 5.74) is 0.532. The van der Waals surface area contributed by atoms with Crippen LogP contribution < -0.4 is 5.56 Å². The normalized spacial score (nSPS) is 17.8. The van der Waals surface area contributed by atoms with E-state index in [0.717, 1.165) is 5.75 Å². The van der Waals surface area contributed by atoms with Gasteiger partial charge in [0.05, 0.1) is 23.9 Å². The third-order valence-electron chi connectivity index (χ3n) is 3.79. The highest BCUT2D eigenvalue weighted by molar-refractivity contribution is 7.99. The molecule has 2 aromatic heterocycles. The van der Waals surface area contributed by atoms with Crippen LogP contribution in [0.1, 0.15) is 12.1 Å². The molecule has 1 aliphatic heterocycles. The molecule has 0 spiro atoms. The number of aliphatic carboxylic acids is 1. The molecule has 0 saturated carbocycles. The van der Waals surface area contributed by atoms with E-state index in [4.69, 9.17) is 5.11 Å². The smallest absolute Gasteiger partial charge is 0.305 e. The van der Waals surface area contributed by atoms with Crippen molar-refractivity contribution in [3.8, 4) is 0 Å². The van der Waals surface area contributed by atoms with Gasteiger partial charge in [0.25, 0.3) is 5.56 Å². The number of carboxylic acids is 1. The minimum atomic E-state index is -0.883. The van der Waals surface area contributed by atoms with E-state index >= 15 is 0 Å². The highest BCUT2D eigenvalue weighted by Gasteiger charge is 2.28. The Labute approximate surface area is 156 Å². The molecule has 0 bridgehead atoms. The van der Waals surface area contributed by atoms with Crippen molar-refractivity contribution in [3.63, 3.8) is 0 Å². The fourth-order valence-corrected chi connectivity index (χ4v) is 5.24. The van der Waals surface area contributed by atoms with E-state index in [9.17, 15) is 14.4 Å². The van der Waals surface area contributed by atoms with Crippen LogP contribution in [0.3, 0.4) is 0 Å². The van der Waals surface area contributed by atoms with Crippen molar-refractivity contribution in [2.45, 2.75) is 18.2 Å². The molecular formula is C15H17N3O4S3. The molecule has 1 unspecified atom stereocenters. The number of thioether (sulfide) groups is 2. The third-order valence-corrected chi connectivity index (χ3v) is 6.59. The number of hydrogen-bond acceptors (Lipinski definition) is 7. The predicted molar refractivity (Wildman–Crippen MR) is 101 cm³/mol. The number of hydrogen-bond donors (Lipinski definition) is 1. The van der Waals surface area contributed by atoms with E-state index < -0.39 is 5.97 Å². The summed E-state index contributed by atoms with van der Waals surface area (Å²) in [7, 11) is 0. The van der Waals surface area contributed by atoms with Crippen LogP contribution in [-0.2, 0) is 15.3 Å². The molecule has 1 amide bonds. The van der Waals surface area contributed by atoms with Gasteiger partial charge in [-0.25, -0.2) is 4.98 Å². The molecule has 1 N–H and O–H groups in total. The lowest BCUT2D eigenvalue weighted by atomic mass is 10.2. The number of amides is 1. The van der Waals surface area contributed by atoms with Gasteiger partial charge in [-0.05, 0) is 0 Å². The molecule has 134 valence electrons. The van der Waals surface area contributed by atoms with Gasteiger partial charge in [-0.1, -0.05) is 0 Å². The topological polar surface area (TPSA) is 92.0 Å². The highest BCUT2D eigenvalue weighted by atomic mass is 32.2.